The highest BCUT2D eigenvalue weighted by molar-refractivity contribution is 6.74. The summed E-state index contributed by atoms with van der Waals surface area (Å²) >= 11 is 0. The molecule has 1 aliphatic rings. The van der Waals surface area contributed by atoms with Crippen molar-refractivity contribution in [2.45, 2.75) is 64.8 Å². The molecule has 1 atom stereocenters. The van der Waals surface area contributed by atoms with Crippen molar-refractivity contribution in [3.05, 3.63) is 11.6 Å². The Bertz CT molecular complexity index is 310. The second kappa shape index (κ2) is 4.45. The van der Waals surface area contributed by atoms with Crippen LogP contribution in [0.2, 0.25) is 18.1 Å². The SMILES string of the molecule is CC1=CC(=O)[C@H](O[Si](C)(C)C(C)(C)C)CC1. The summed E-state index contributed by atoms with van der Waals surface area (Å²) in [5.41, 5.74) is 1.18. The maximum Gasteiger partial charge on any atom is 0.193 e. The van der Waals surface area contributed by atoms with Gasteiger partial charge >= 0.3 is 0 Å². The fourth-order valence-corrected chi connectivity index (χ4v) is 2.86. The molecule has 0 saturated carbocycles. The van der Waals surface area contributed by atoms with Gasteiger partial charge in [-0.25, -0.2) is 0 Å². The topological polar surface area (TPSA) is 26.3 Å². The molecule has 0 saturated heterocycles. The van der Waals surface area contributed by atoms with Gasteiger partial charge in [0.15, 0.2) is 14.1 Å². The number of allylic oxidation sites excluding steroid dienone is 1. The van der Waals surface area contributed by atoms with Gasteiger partial charge in [0.1, 0.15) is 6.10 Å². The summed E-state index contributed by atoms with van der Waals surface area (Å²) in [7, 11) is -1.81. The summed E-state index contributed by atoms with van der Waals surface area (Å²) in [5, 5.41) is 0.170. The molecular weight excluding hydrogens is 216 g/mol. The molecule has 0 spiro atoms. The van der Waals surface area contributed by atoms with Crippen LogP contribution in [0.15, 0.2) is 11.6 Å². The van der Waals surface area contributed by atoms with Crippen molar-refractivity contribution in [3.8, 4) is 0 Å². The summed E-state index contributed by atoms with van der Waals surface area (Å²) in [6.07, 6.45) is 3.41. The van der Waals surface area contributed by atoms with E-state index >= 15 is 0 Å². The Morgan fingerprint density at radius 2 is 1.94 bits per heavy atom. The molecule has 0 aromatic carbocycles. The second-order valence-corrected chi connectivity index (χ2v) is 11.1. The lowest BCUT2D eigenvalue weighted by molar-refractivity contribution is -0.122. The quantitative estimate of drug-likeness (QED) is 0.688. The summed E-state index contributed by atoms with van der Waals surface area (Å²) in [5.74, 6) is 0.161. The van der Waals surface area contributed by atoms with Crippen molar-refractivity contribution in [3.63, 3.8) is 0 Å². The predicted molar refractivity (Wildman–Crippen MR) is 70.1 cm³/mol. The van der Waals surface area contributed by atoms with Gasteiger partial charge in [0.25, 0.3) is 0 Å². The van der Waals surface area contributed by atoms with E-state index in [9.17, 15) is 4.79 Å². The molecular formula is C13H24O2Si. The van der Waals surface area contributed by atoms with E-state index in [1.165, 1.54) is 5.57 Å². The molecule has 0 unspecified atom stereocenters. The first-order chi connectivity index (χ1) is 7.13. The third-order valence-electron chi connectivity index (χ3n) is 3.75. The van der Waals surface area contributed by atoms with Crippen LogP contribution in [0.1, 0.15) is 40.5 Å². The van der Waals surface area contributed by atoms with E-state index in [-0.39, 0.29) is 16.9 Å². The first kappa shape index (κ1) is 13.7. The van der Waals surface area contributed by atoms with E-state index < -0.39 is 8.32 Å². The van der Waals surface area contributed by atoms with Gasteiger partial charge < -0.3 is 4.43 Å². The largest absolute Gasteiger partial charge is 0.407 e. The molecule has 0 aliphatic heterocycles. The second-order valence-electron chi connectivity index (χ2n) is 6.30. The number of hydrogen-bond acceptors (Lipinski definition) is 2. The number of ketones is 1. The Labute approximate surface area is 100 Å². The molecule has 1 rings (SSSR count). The van der Waals surface area contributed by atoms with Crippen molar-refractivity contribution in [1.82, 2.24) is 0 Å². The van der Waals surface area contributed by atoms with Gasteiger partial charge in [-0.2, -0.15) is 0 Å². The number of hydrogen-bond donors (Lipinski definition) is 0. The molecule has 0 amide bonds. The maximum absolute atomic E-state index is 11.8. The van der Waals surface area contributed by atoms with E-state index in [1.54, 1.807) is 6.08 Å². The lowest BCUT2D eigenvalue weighted by atomic mass is 9.98. The Balaban J connectivity index is 2.73. The molecule has 1 aliphatic carbocycles. The fourth-order valence-electron chi connectivity index (χ4n) is 1.56. The van der Waals surface area contributed by atoms with E-state index in [1.807, 2.05) is 6.92 Å². The molecule has 0 fully saturated rings. The highest BCUT2D eigenvalue weighted by Gasteiger charge is 2.40. The molecule has 2 nitrogen and oxygen atoms in total. The third kappa shape index (κ3) is 3.05. The van der Waals surface area contributed by atoms with Crippen LogP contribution in [0.5, 0.6) is 0 Å². The minimum Gasteiger partial charge on any atom is -0.407 e. The average molecular weight is 240 g/mol. The Hall–Kier alpha value is -0.413. The van der Waals surface area contributed by atoms with E-state index in [0.717, 1.165) is 12.8 Å². The van der Waals surface area contributed by atoms with Crippen LogP contribution < -0.4 is 0 Å². The molecule has 0 heterocycles. The van der Waals surface area contributed by atoms with Crippen LogP contribution in [0, 0.1) is 0 Å². The van der Waals surface area contributed by atoms with Gasteiger partial charge in [0.2, 0.25) is 0 Å². The Kier molecular flexibility index (Phi) is 3.80. The molecule has 3 heteroatoms. The molecule has 0 radical (unpaired) electrons. The molecule has 0 aromatic heterocycles. The van der Waals surface area contributed by atoms with Crippen molar-refractivity contribution in [1.29, 1.82) is 0 Å². The molecule has 0 N–H and O–H groups in total. The van der Waals surface area contributed by atoms with Crippen molar-refractivity contribution in [2.24, 2.45) is 0 Å². The zero-order valence-electron chi connectivity index (χ0n) is 11.4. The van der Waals surface area contributed by atoms with E-state index in [4.69, 9.17) is 4.43 Å². The fraction of sp³-hybridized carbons (Fsp3) is 0.769. The molecule has 16 heavy (non-hydrogen) atoms. The van der Waals surface area contributed by atoms with Gasteiger partial charge in [0.05, 0.1) is 0 Å². The van der Waals surface area contributed by atoms with E-state index in [2.05, 4.69) is 33.9 Å². The number of rotatable bonds is 2. The molecule has 0 aromatic rings. The normalized spacial score (nSPS) is 23.2. The average Bonchev–Trinajstić information content (AvgIpc) is 2.08. The van der Waals surface area contributed by atoms with Crippen LogP contribution in [0.4, 0.5) is 0 Å². The summed E-state index contributed by atoms with van der Waals surface area (Å²) in [4.78, 5) is 11.8. The minimum atomic E-state index is -1.81. The highest BCUT2D eigenvalue weighted by atomic mass is 28.4. The lowest BCUT2D eigenvalue weighted by Crippen LogP contribution is -2.46. The summed E-state index contributed by atoms with van der Waals surface area (Å²) in [6, 6.07) is 0. The van der Waals surface area contributed by atoms with Gasteiger partial charge in [-0.15, -0.1) is 0 Å². The Morgan fingerprint density at radius 1 is 1.38 bits per heavy atom. The zero-order valence-corrected chi connectivity index (χ0v) is 12.4. The third-order valence-corrected chi connectivity index (χ3v) is 8.24. The smallest absolute Gasteiger partial charge is 0.193 e. The Morgan fingerprint density at radius 3 is 2.38 bits per heavy atom. The molecule has 0 bridgehead atoms. The van der Waals surface area contributed by atoms with Crippen molar-refractivity contribution in [2.75, 3.05) is 0 Å². The summed E-state index contributed by atoms with van der Waals surface area (Å²) in [6.45, 7) is 13.0. The van der Waals surface area contributed by atoms with Crippen LogP contribution in [-0.4, -0.2) is 20.2 Å². The van der Waals surface area contributed by atoms with Crippen molar-refractivity contribution >= 4 is 14.1 Å². The van der Waals surface area contributed by atoms with Crippen LogP contribution in [0.3, 0.4) is 0 Å². The number of carbonyl (C=O) groups is 1. The first-order valence-corrected chi connectivity index (χ1v) is 8.93. The predicted octanol–water partition coefficient (Wildman–Crippen LogP) is 3.69. The number of carbonyl (C=O) groups excluding carboxylic acids is 1. The van der Waals surface area contributed by atoms with Crippen LogP contribution >= 0.6 is 0 Å². The van der Waals surface area contributed by atoms with Gasteiger partial charge in [-0.1, -0.05) is 26.3 Å². The maximum atomic E-state index is 11.8. The van der Waals surface area contributed by atoms with Crippen LogP contribution in [-0.2, 0) is 9.22 Å². The minimum absolute atomic E-state index is 0.161. The van der Waals surface area contributed by atoms with Gasteiger partial charge in [-0.3, -0.25) is 4.79 Å². The first-order valence-electron chi connectivity index (χ1n) is 6.02. The summed E-state index contributed by atoms with van der Waals surface area (Å²) < 4.78 is 6.15. The van der Waals surface area contributed by atoms with E-state index in [0.29, 0.717) is 0 Å². The van der Waals surface area contributed by atoms with Gasteiger partial charge in [-0.05, 0) is 44.0 Å². The standard InChI is InChI=1S/C13H24O2Si/c1-10-7-8-12(11(14)9-10)15-16(5,6)13(2,3)4/h9,12H,7-8H2,1-6H3/t12-/m1/s1. The monoisotopic (exact) mass is 240 g/mol. The molecule has 92 valence electrons. The lowest BCUT2D eigenvalue weighted by Gasteiger charge is -2.39. The van der Waals surface area contributed by atoms with Gasteiger partial charge in [0, 0.05) is 0 Å². The highest BCUT2D eigenvalue weighted by Crippen LogP contribution is 2.38. The zero-order chi connectivity index (χ0) is 12.6. The van der Waals surface area contributed by atoms with Crippen molar-refractivity contribution < 1.29 is 9.22 Å². The van der Waals surface area contributed by atoms with Crippen LogP contribution in [0.25, 0.3) is 0 Å².